The fourth-order valence-corrected chi connectivity index (χ4v) is 9.14. The number of nitrogens with zero attached hydrogens (tertiary/aromatic N) is 5. The van der Waals surface area contributed by atoms with Crippen molar-refractivity contribution in [2.24, 2.45) is 0 Å². The summed E-state index contributed by atoms with van der Waals surface area (Å²) in [6, 6.07) is 58.1. The molecule has 0 unspecified atom stereocenters. The fourth-order valence-electron chi connectivity index (χ4n) is 9.14. The van der Waals surface area contributed by atoms with Gasteiger partial charge in [0.2, 0.25) is 0 Å². The van der Waals surface area contributed by atoms with Crippen molar-refractivity contribution in [2.75, 3.05) is 0 Å². The molecule has 6 heteroatoms. The number of benzene rings is 8. The minimum atomic E-state index is 0.553. The lowest BCUT2D eigenvalue weighted by Crippen LogP contribution is -1.97. The largest absolute Gasteiger partial charge is 0.456 e. The van der Waals surface area contributed by atoms with Crippen LogP contribution in [0.25, 0.3) is 122 Å². The zero-order valence-electron chi connectivity index (χ0n) is 29.2. The summed E-state index contributed by atoms with van der Waals surface area (Å²) >= 11 is 0. The van der Waals surface area contributed by atoms with Crippen molar-refractivity contribution in [1.29, 1.82) is 0 Å². The minimum Gasteiger partial charge on any atom is -0.456 e. The van der Waals surface area contributed by atoms with E-state index in [-0.39, 0.29) is 0 Å². The van der Waals surface area contributed by atoms with E-state index in [0.29, 0.717) is 11.6 Å². The van der Waals surface area contributed by atoms with Crippen LogP contribution < -0.4 is 0 Å². The molecule has 1 aliphatic rings. The first-order valence-electron chi connectivity index (χ1n) is 18.5. The fraction of sp³-hybridized carbons (Fsp3) is 0. The molecule has 0 spiro atoms. The normalized spacial score (nSPS) is 12.4. The van der Waals surface area contributed by atoms with E-state index < -0.39 is 0 Å². The summed E-state index contributed by atoms with van der Waals surface area (Å²) in [5.41, 5.74) is 14.0. The van der Waals surface area contributed by atoms with E-state index in [2.05, 4.69) is 132 Å². The molecule has 55 heavy (non-hydrogen) atoms. The zero-order chi connectivity index (χ0) is 35.8. The number of aromatic nitrogens is 5. The van der Waals surface area contributed by atoms with Crippen LogP contribution in [0.4, 0.5) is 0 Å². The summed E-state index contributed by atoms with van der Waals surface area (Å²) in [7, 11) is 0. The second-order valence-electron chi connectivity index (χ2n) is 14.4. The molecule has 6 nitrogen and oxygen atoms in total. The van der Waals surface area contributed by atoms with Gasteiger partial charge in [-0.3, -0.25) is 0 Å². The third-order valence-corrected chi connectivity index (χ3v) is 11.5. The molecule has 0 bridgehead atoms. The molecule has 0 N–H and O–H groups in total. The van der Waals surface area contributed by atoms with Crippen molar-refractivity contribution in [1.82, 2.24) is 24.1 Å². The Hall–Kier alpha value is -7.57. The molecule has 0 fully saturated rings. The van der Waals surface area contributed by atoms with E-state index in [1.165, 1.54) is 54.8 Å². The quantitative estimate of drug-likeness (QED) is 0.184. The van der Waals surface area contributed by atoms with Crippen LogP contribution in [-0.2, 0) is 0 Å². The van der Waals surface area contributed by atoms with Crippen LogP contribution in [0.1, 0.15) is 0 Å². The van der Waals surface area contributed by atoms with Crippen LogP contribution >= 0.6 is 0 Å². The first-order chi connectivity index (χ1) is 27.3. The summed E-state index contributed by atoms with van der Waals surface area (Å²) in [5, 5.41) is 13.3. The maximum Gasteiger partial charge on any atom is 0.253 e. The van der Waals surface area contributed by atoms with Gasteiger partial charge in [-0.25, -0.2) is 4.98 Å². The van der Waals surface area contributed by atoms with Gasteiger partial charge in [0.15, 0.2) is 5.82 Å². The highest BCUT2D eigenvalue weighted by Gasteiger charge is 2.25. The van der Waals surface area contributed by atoms with Gasteiger partial charge in [-0.05, 0) is 99.8 Å². The molecule has 4 aromatic heterocycles. The van der Waals surface area contributed by atoms with Gasteiger partial charge in [-0.2, -0.15) is 9.50 Å². The Balaban J connectivity index is 0.968. The molecular formula is C49H27N5O. The molecule has 0 atom stereocenters. The third kappa shape index (κ3) is 3.89. The van der Waals surface area contributed by atoms with Crippen LogP contribution in [0.15, 0.2) is 168 Å². The molecule has 0 aliphatic heterocycles. The molecule has 0 saturated heterocycles. The lowest BCUT2D eigenvalue weighted by Gasteiger charge is -2.13. The average molecular weight is 702 g/mol. The van der Waals surface area contributed by atoms with Crippen molar-refractivity contribution < 1.29 is 4.42 Å². The van der Waals surface area contributed by atoms with Crippen LogP contribution in [0.5, 0.6) is 0 Å². The summed E-state index contributed by atoms with van der Waals surface area (Å²) in [4.78, 5) is 10.1. The molecule has 0 radical (unpaired) electrons. The molecule has 8 aromatic carbocycles. The highest BCUT2D eigenvalue weighted by molar-refractivity contribution is 6.30. The lowest BCUT2D eigenvalue weighted by atomic mass is 9.93. The third-order valence-electron chi connectivity index (χ3n) is 11.5. The van der Waals surface area contributed by atoms with E-state index in [4.69, 9.17) is 19.5 Å². The van der Waals surface area contributed by atoms with Crippen molar-refractivity contribution in [3.8, 4) is 50.6 Å². The van der Waals surface area contributed by atoms with Crippen LogP contribution in [0.2, 0.25) is 0 Å². The summed E-state index contributed by atoms with van der Waals surface area (Å²) in [6.07, 6.45) is 0. The van der Waals surface area contributed by atoms with E-state index in [9.17, 15) is 0 Å². The first-order valence-corrected chi connectivity index (χ1v) is 18.5. The topological polar surface area (TPSA) is 61.2 Å². The van der Waals surface area contributed by atoms with E-state index in [1.54, 1.807) is 0 Å². The minimum absolute atomic E-state index is 0.553. The van der Waals surface area contributed by atoms with Gasteiger partial charge in [0.1, 0.15) is 11.2 Å². The molecule has 12 aromatic rings. The predicted octanol–water partition coefficient (Wildman–Crippen LogP) is 12.4. The van der Waals surface area contributed by atoms with E-state index >= 15 is 0 Å². The van der Waals surface area contributed by atoms with Crippen molar-refractivity contribution in [3.05, 3.63) is 164 Å². The Morgan fingerprint density at radius 2 is 1.11 bits per heavy atom. The number of fused-ring (bicyclic) bond motifs is 9. The van der Waals surface area contributed by atoms with Gasteiger partial charge >= 0.3 is 0 Å². The Morgan fingerprint density at radius 3 is 1.98 bits per heavy atom. The van der Waals surface area contributed by atoms with Crippen molar-refractivity contribution in [3.63, 3.8) is 0 Å². The number of para-hydroxylation sites is 2. The average Bonchev–Trinajstić information content (AvgIpc) is 3.93. The molecule has 13 rings (SSSR count). The Morgan fingerprint density at radius 1 is 0.436 bits per heavy atom. The van der Waals surface area contributed by atoms with Gasteiger partial charge in [0.25, 0.3) is 5.78 Å². The molecular weight excluding hydrogens is 675 g/mol. The Bertz CT molecular complexity index is 3610. The van der Waals surface area contributed by atoms with Gasteiger partial charge in [-0.15, -0.1) is 5.10 Å². The Labute approximate surface area is 313 Å². The lowest BCUT2D eigenvalue weighted by molar-refractivity contribution is 0.669. The maximum atomic E-state index is 6.12. The smallest absolute Gasteiger partial charge is 0.253 e. The second kappa shape index (κ2) is 10.5. The first kappa shape index (κ1) is 28.9. The number of furan rings is 1. The SMILES string of the molecule is c1ccc2c(c1)-c1cccc3ccc4c(c13)c1c-2cccc1n4-c1ccc(-c2nc3nc(-c4ccc5oc6ccccc6c5c4)c4ccccc4n3n2)cc1. The van der Waals surface area contributed by atoms with Crippen LogP contribution in [0.3, 0.4) is 0 Å². The number of hydrogen-bond acceptors (Lipinski definition) is 4. The highest BCUT2D eigenvalue weighted by atomic mass is 16.3. The Kier molecular flexibility index (Phi) is 5.54. The number of rotatable bonds is 3. The molecule has 1 aliphatic carbocycles. The maximum absolute atomic E-state index is 6.12. The van der Waals surface area contributed by atoms with Crippen molar-refractivity contribution in [2.45, 2.75) is 0 Å². The van der Waals surface area contributed by atoms with E-state index in [0.717, 1.165) is 55.3 Å². The molecule has 4 heterocycles. The van der Waals surface area contributed by atoms with Crippen LogP contribution in [-0.4, -0.2) is 24.1 Å². The predicted molar refractivity (Wildman–Crippen MR) is 223 cm³/mol. The van der Waals surface area contributed by atoms with Gasteiger partial charge in [0.05, 0.1) is 22.2 Å². The number of hydrogen-bond donors (Lipinski definition) is 0. The molecule has 0 amide bonds. The van der Waals surface area contributed by atoms with Gasteiger partial charge in [0, 0.05) is 43.7 Å². The molecule has 254 valence electrons. The summed E-state index contributed by atoms with van der Waals surface area (Å²) < 4.78 is 10.4. The van der Waals surface area contributed by atoms with E-state index in [1.807, 2.05) is 40.9 Å². The van der Waals surface area contributed by atoms with Gasteiger partial charge < -0.3 is 8.98 Å². The zero-order valence-corrected chi connectivity index (χ0v) is 29.2. The van der Waals surface area contributed by atoms with Crippen LogP contribution in [0, 0.1) is 0 Å². The van der Waals surface area contributed by atoms with Gasteiger partial charge in [-0.1, -0.05) is 97.1 Å². The highest BCUT2D eigenvalue weighted by Crippen LogP contribution is 2.49. The molecule has 0 saturated carbocycles. The second-order valence-corrected chi connectivity index (χ2v) is 14.4. The summed E-state index contributed by atoms with van der Waals surface area (Å²) in [6.45, 7) is 0. The van der Waals surface area contributed by atoms with Crippen molar-refractivity contribution >= 4 is 71.2 Å². The standard InChI is InChI=1S/C49H27N5O/c1-2-11-33-32(10-1)35-14-7-9-28-21-25-41-46(44(28)35)45-36(33)15-8-17-40(45)53(41)31-23-19-29(20-24-31)48-51-49-50-47(37-13-3-5-16-39(37)54(49)52-48)30-22-26-43-38(27-30)34-12-4-6-18-42(34)55-43/h1-27H. The monoisotopic (exact) mass is 701 g/mol. The summed E-state index contributed by atoms with van der Waals surface area (Å²) in [5.74, 6) is 1.18.